The molecule has 0 N–H and O–H groups in total. The van der Waals surface area contributed by atoms with Crippen LogP contribution in [0, 0.1) is 0 Å². The minimum Gasteiger partial charge on any atom is -0.380 e. The van der Waals surface area contributed by atoms with Crippen LogP contribution in [-0.2, 0) is 24.4 Å². The summed E-state index contributed by atoms with van der Waals surface area (Å²) in [6.07, 6.45) is 4.46. The van der Waals surface area contributed by atoms with Gasteiger partial charge in [0.05, 0.1) is 21.8 Å². The molecule has 0 saturated heterocycles. The van der Waals surface area contributed by atoms with E-state index in [0.29, 0.717) is 30.0 Å². The van der Waals surface area contributed by atoms with Gasteiger partial charge in [0.25, 0.3) is 5.56 Å². The lowest BCUT2D eigenvalue weighted by atomic mass is 10.3. The first-order chi connectivity index (χ1) is 14.8. The number of halogens is 3. The maximum atomic E-state index is 12.9. The predicted octanol–water partition coefficient (Wildman–Crippen LogP) is 4.43. The number of aryl methyl sites for hydroxylation is 1. The molecule has 0 bridgehead atoms. The third-order valence-corrected chi connectivity index (χ3v) is 6.20. The van der Waals surface area contributed by atoms with E-state index in [4.69, 9.17) is 39.0 Å². The fraction of sp³-hybridized carbons (Fsp3) is 0.421. The fourth-order valence-corrected chi connectivity index (χ4v) is 4.72. The predicted molar refractivity (Wildman–Crippen MR) is 124 cm³/mol. The number of nitrogens with zero attached hydrogens (tertiary/aromatic N) is 4. The number of rotatable bonds is 9. The van der Waals surface area contributed by atoms with E-state index in [1.165, 1.54) is 27.5 Å². The first kappa shape index (κ1) is 23.8. The van der Waals surface area contributed by atoms with Gasteiger partial charge < -0.3 is 4.18 Å². The highest BCUT2D eigenvalue weighted by atomic mass is 35.5. The van der Waals surface area contributed by atoms with E-state index in [-0.39, 0.29) is 21.3 Å². The van der Waals surface area contributed by atoms with Gasteiger partial charge in [-0.05, 0) is 25.0 Å². The molecule has 2 heterocycles. The Morgan fingerprint density at radius 1 is 1.00 bits per heavy atom. The molecular formula is C19H21Cl3N4O4S. The van der Waals surface area contributed by atoms with Crippen molar-refractivity contribution in [3.8, 4) is 5.75 Å². The molecule has 1 atom stereocenters. The number of benzene rings is 1. The minimum atomic E-state index is -2.20. The summed E-state index contributed by atoms with van der Waals surface area (Å²) < 4.78 is 21.8. The van der Waals surface area contributed by atoms with Crippen molar-refractivity contribution in [1.29, 1.82) is 0 Å². The van der Waals surface area contributed by atoms with E-state index in [2.05, 4.69) is 5.10 Å². The molecule has 0 aliphatic carbocycles. The smallest absolute Gasteiger partial charge is 0.339 e. The summed E-state index contributed by atoms with van der Waals surface area (Å²) in [7, 11) is 0. The summed E-state index contributed by atoms with van der Waals surface area (Å²) >= 11 is 15.9. The molecule has 3 aromatic rings. The molecule has 0 spiro atoms. The molecule has 168 valence electrons. The molecule has 0 saturated carbocycles. The zero-order valence-corrected chi connectivity index (χ0v) is 20.0. The Morgan fingerprint density at radius 3 is 2.16 bits per heavy atom. The Bertz CT molecular complexity index is 1230. The van der Waals surface area contributed by atoms with Crippen molar-refractivity contribution < 1.29 is 8.39 Å². The molecule has 0 aliphatic heterocycles. The Labute approximate surface area is 196 Å². The van der Waals surface area contributed by atoms with Gasteiger partial charge in [0.15, 0.2) is 11.3 Å². The van der Waals surface area contributed by atoms with Crippen LogP contribution in [0.15, 0.2) is 27.9 Å². The monoisotopic (exact) mass is 506 g/mol. The molecule has 8 nitrogen and oxygen atoms in total. The van der Waals surface area contributed by atoms with Crippen LogP contribution in [-0.4, -0.2) is 22.5 Å². The van der Waals surface area contributed by atoms with E-state index in [9.17, 15) is 13.8 Å². The molecule has 0 amide bonds. The van der Waals surface area contributed by atoms with E-state index in [1.807, 2.05) is 13.8 Å². The van der Waals surface area contributed by atoms with Gasteiger partial charge in [-0.1, -0.05) is 61.5 Å². The van der Waals surface area contributed by atoms with E-state index >= 15 is 0 Å². The average molecular weight is 508 g/mol. The minimum absolute atomic E-state index is 0.0330. The van der Waals surface area contributed by atoms with Gasteiger partial charge in [0, 0.05) is 18.1 Å². The second kappa shape index (κ2) is 10.2. The zero-order valence-electron chi connectivity index (χ0n) is 16.9. The molecule has 0 aliphatic rings. The molecule has 3 rings (SSSR count). The van der Waals surface area contributed by atoms with Gasteiger partial charge in [-0.3, -0.25) is 13.9 Å². The normalized spacial score (nSPS) is 12.4. The standard InChI is InChI=1S/C19H21Cl3N4O4S/c1-3-5-7-24-15-11-26(23-16(15)18(27)25(19(24)28)8-6-4-2)31(29)30-17-13(21)9-12(20)10-14(17)22/h9-11H,3-8H2,1-2H3. The van der Waals surface area contributed by atoms with Crippen molar-refractivity contribution in [2.24, 2.45) is 0 Å². The van der Waals surface area contributed by atoms with Crippen molar-refractivity contribution in [3.05, 3.63) is 54.2 Å². The van der Waals surface area contributed by atoms with Crippen LogP contribution < -0.4 is 15.4 Å². The van der Waals surface area contributed by atoms with E-state index in [0.717, 1.165) is 23.3 Å². The molecule has 0 fully saturated rings. The lowest BCUT2D eigenvalue weighted by Crippen LogP contribution is -2.40. The van der Waals surface area contributed by atoms with Crippen molar-refractivity contribution >= 4 is 57.1 Å². The topological polar surface area (TPSA) is 88.1 Å². The van der Waals surface area contributed by atoms with Gasteiger partial charge in [0.1, 0.15) is 0 Å². The van der Waals surface area contributed by atoms with Crippen LogP contribution in [0.3, 0.4) is 0 Å². The lowest BCUT2D eigenvalue weighted by Gasteiger charge is -2.10. The Balaban J connectivity index is 2.09. The average Bonchev–Trinajstić information content (AvgIpc) is 3.16. The number of fused-ring (bicyclic) bond motifs is 1. The second-order valence-corrected chi connectivity index (χ2v) is 9.09. The first-order valence-electron chi connectivity index (χ1n) is 9.76. The highest BCUT2D eigenvalue weighted by Gasteiger charge is 2.20. The maximum Gasteiger partial charge on any atom is 0.339 e. The second-order valence-electron chi connectivity index (χ2n) is 6.86. The highest BCUT2D eigenvalue weighted by molar-refractivity contribution is 7.78. The van der Waals surface area contributed by atoms with Crippen molar-refractivity contribution in [1.82, 2.24) is 18.3 Å². The third kappa shape index (κ3) is 5.00. The molecule has 0 radical (unpaired) electrons. The van der Waals surface area contributed by atoms with Gasteiger partial charge in [0.2, 0.25) is 0 Å². The third-order valence-electron chi connectivity index (χ3n) is 4.62. The van der Waals surface area contributed by atoms with Gasteiger partial charge in [-0.2, -0.15) is 8.30 Å². The van der Waals surface area contributed by atoms with Crippen molar-refractivity contribution in [3.63, 3.8) is 0 Å². The number of aromatic nitrogens is 4. The van der Waals surface area contributed by atoms with Crippen LogP contribution in [0.1, 0.15) is 39.5 Å². The SMILES string of the molecule is CCCCn1c(=O)c2nn(S(=O)Oc3c(Cl)cc(Cl)cc3Cl)cc2n(CCCC)c1=O. The van der Waals surface area contributed by atoms with E-state index in [1.54, 1.807) is 0 Å². The summed E-state index contributed by atoms with van der Waals surface area (Å²) in [5.41, 5.74) is -0.604. The molecule has 1 aromatic carbocycles. The molecule has 31 heavy (non-hydrogen) atoms. The van der Waals surface area contributed by atoms with Crippen molar-refractivity contribution in [2.75, 3.05) is 0 Å². The largest absolute Gasteiger partial charge is 0.380 e. The van der Waals surface area contributed by atoms with Crippen molar-refractivity contribution in [2.45, 2.75) is 52.6 Å². The van der Waals surface area contributed by atoms with Gasteiger partial charge in [-0.15, -0.1) is 5.10 Å². The maximum absolute atomic E-state index is 12.9. The lowest BCUT2D eigenvalue weighted by molar-refractivity contribution is 0.532. The summed E-state index contributed by atoms with van der Waals surface area (Å²) in [6.45, 7) is 4.67. The Hall–Kier alpha value is -1.81. The Kier molecular flexibility index (Phi) is 7.85. The summed E-state index contributed by atoms with van der Waals surface area (Å²) in [4.78, 5) is 25.8. The number of hydrogen-bond acceptors (Lipinski definition) is 5. The van der Waals surface area contributed by atoms with Crippen LogP contribution >= 0.6 is 34.8 Å². The van der Waals surface area contributed by atoms with Crippen LogP contribution in [0.4, 0.5) is 0 Å². The van der Waals surface area contributed by atoms with Crippen LogP contribution in [0.25, 0.3) is 11.0 Å². The van der Waals surface area contributed by atoms with Crippen LogP contribution in [0.5, 0.6) is 5.75 Å². The van der Waals surface area contributed by atoms with Gasteiger partial charge >= 0.3 is 17.0 Å². The highest BCUT2D eigenvalue weighted by Crippen LogP contribution is 2.36. The first-order valence-corrected chi connectivity index (χ1v) is 11.9. The van der Waals surface area contributed by atoms with Gasteiger partial charge in [-0.25, -0.2) is 4.79 Å². The fourth-order valence-electron chi connectivity index (χ4n) is 3.00. The number of unbranched alkanes of at least 4 members (excludes halogenated alkanes) is 2. The quantitative estimate of drug-likeness (QED) is 0.428. The molecule has 2 aromatic heterocycles. The summed E-state index contributed by atoms with van der Waals surface area (Å²) in [5, 5.41) is 4.59. The zero-order chi connectivity index (χ0) is 22.7. The molecule has 12 heteroatoms. The number of hydrogen-bond donors (Lipinski definition) is 0. The van der Waals surface area contributed by atoms with E-state index < -0.39 is 22.5 Å². The summed E-state index contributed by atoms with van der Waals surface area (Å²) in [5.74, 6) is -0.0330. The Morgan fingerprint density at radius 2 is 1.58 bits per heavy atom. The molecule has 1 unspecified atom stereocenters. The molecular weight excluding hydrogens is 487 g/mol. The van der Waals surface area contributed by atoms with Crippen LogP contribution in [0.2, 0.25) is 15.1 Å². The summed E-state index contributed by atoms with van der Waals surface area (Å²) in [6, 6.07) is 2.80.